The Balaban J connectivity index is 1.75. The Morgan fingerprint density at radius 2 is 1.92 bits per heavy atom. The molecule has 7 heteroatoms. The number of ether oxygens (including phenoxy) is 2. The van der Waals surface area contributed by atoms with Crippen molar-refractivity contribution in [2.24, 2.45) is 5.10 Å². The normalized spacial score (nSPS) is 10.7. The van der Waals surface area contributed by atoms with Gasteiger partial charge < -0.3 is 9.47 Å². The highest BCUT2D eigenvalue weighted by molar-refractivity contribution is 5.94. The molecule has 1 heterocycles. The van der Waals surface area contributed by atoms with Crippen LogP contribution in [0.5, 0.6) is 11.5 Å². The Morgan fingerprint density at radius 1 is 1.12 bits per heavy atom. The zero-order chi connectivity index (χ0) is 18.4. The summed E-state index contributed by atoms with van der Waals surface area (Å²) in [6, 6.07) is 16.5. The van der Waals surface area contributed by atoms with Gasteiger partial charge in [-0.25, -0.2) is 5.43 Å². The number of amides is 1. The number of benzene rings is 2. The van der Waals surface area contributed by atoms with Crippen molar-refractivity contribution in [2.75, 3.05) is 14.2 Å². The first kappa shape index (κ1) is 17.2. The van der Waals surface area contributed by atoms with Crippen LogP contribution in [-0.2, 0) is 0 Å². The second-order valence-corrected chi connectivity index (χ2v) is 5.34. The van der Waals surface area contributed by atoms with E-state index in [-0.39, 0.29) is 5.69 Å². The Labute approximate surface area is 150 Å². The van der Waals surface area contributed by atoms with Gasteiger partial charge in [-0.1, -0.05) is 30.3 Å². The van der Waals surface area contributed by atoms with E-state index in [0.29, 0.717) is 17.2 Å². The number of carbonyl (C=O) groups is 1. The van der Waals surface area contributed by atoms with Crippen molar-refractivity contribution in [1.29, 1.82) is 0 Å². The lowest BCUT2D eigenvalue weighted by Crippen LogP contribution is -2.17. The number of aromatic nitrogens is 2. The number of nitrogens with zero attached hydrogens (tertiary/aromatic N) is 2. The zero-order valence-corrected chi connectivity index (χ0v) is 14.4. The zero-order valence-electron chi connectivity index (χ0n) is 14.4. The van der Waals surface area contributed by atoms with Crippen LogP contribution in [0.1, 0.15) is 16.1 Å². The fraction of sp³-hybridized carbons (Fsp3) is 0.105. The molecular weight excluding hydrogens is 332 g/mol. The average molecular weight is 350 g/mol. The molecular formula is C19H18N4O3. The standard InChI is InChI=1S/C19H18N4O3/c1-25-14-8-9-18(26-2)15(10-14)16-11-17(22-21-16)19(24)23-20-12-13-6-4-3-5-7-13/h3-12H,1-2H3,(H,21,22)(H,23,24)/b20-12-. The molecule has 132 valence electrons. The summed E-state index contributed by atoms with van der Waals surface area (Å²) in [5.41, 5.74) is 4.93. The Hall–Kier alpha value is -3.61. The number of H-pyrrole nitrogens is 1. The van der Waals surface area contributed by atoms with Crippen LogP contribution in [0.2, 0.25) is 0 Å². The summed E-state index contributed by atoms with van der Waals surface area (Å²) in [6.45, 7) is 0. The first-order valence-electron chi connectivity index (χ1n) is 7.87. The molecule has 0 saturated carbocycles. The van der Waals surface area contributed by atoms with Gasteiger partial charge in [-0.3, -0.25) is 9.89 Å². The molecule has 2 N–H and O–H groups in total. The van der Waals surface area contributed by atoms with Gasteiger partial charge in [0.1, 0.15) is 17.2 Å². The maximum absolute atomic E-state index is 12.2. The number of nitrogens with one attached hydrogen (secondary N) is 2. The van der Waals surface area contributed by atoms with Crippen LogP contribution in [-0.4, -0.2) is 36.5 Å². The van der Waals surface area contributed by atoms with Crippen molar-refractivity contribution in [1.82, 2.24) is 15.6 Å². The van der Waals surface area contributed by atoms with Gasteiger partial charge in [0, 0.05) is 5.56 Å². The number of aromatic amines is 1. The highest BCUT2D eigenvalue weighted by Gasteiger charge is 2.14. The summed E-state index contributed by atoms with van der Waals surface area (Å²) >= 11 is 0. The maximum Gasteiger partial charge on any atom is 0.289 e. The van der Waals surface area contributed by atoms with Crippen LogP contribution < -0.4 is 14.9 Å². The second-order valence-electron chi connectivity index (χ2n) is 5.34. The Morgan fingerprint density at radius 3 is 2.65 bits per heavy atom. The van der Waals surface area contributed by atoms with E-state index >= 15 is 0 Å². The summed E-state index contributed by atoms with van der Waals surface area (Å²) in [5, 5.41) is 10.8. The molecule has 3 aromatic rings. The van der Waals surface area contributed by atoms with E-state index in [1.54, 1.807) is 44.7 Å². The molecule has 3 rings (SSSR count). The van der Waals surface area contributed by atoms with Gasteiger partial charge in [0.25, 0.3) is 5.91 Å². The number of methoxy groups -OCH3 is 2. The van der Waals surface area contributed by atoms with E-state index in [2.05, 4.69) is 20.7 Å². The summed E-state index contributed by atoms with van der Waals surface area (Å²) in [7, 11) is 3.16. The van der Waals surface area contributed by atoms with Crippen molar-refractivity contribution in [2.45, 2.75) is 0 Å². The lowest BCUT2D eigenvalue weighted by molar-refractivity contribution is 0.0950. The summed E-state index contributed by atoms with van der Waals surface area (Å²) in [6.07, 6.45) is 1.57. The van der Waals surface area contributed by atoms with Crippen LogP contribution in [0.4, 0.5) is 0 Å². The van der Waals surface area contributed by atoms with E-state index < -0.39 is 5.91 Å². The molecule has 0 aliphatic heterocycles. The van der Waals surface area contributed by atoms with E-state index in [0.717, 1.165) is 11.1 Å². The number of rotatable bonds is 6. The summed E-state index contributed by atoms with van der Waals surface area (Å²) < 4.78 is 10.6. The number of hydrazone groups is 1. The molecule has 0 saturated heterocycles. The van der Waals surface area contributed by atoms with Crippen LogP contribution in [0.25, 0.3) is 11.3 Å². The number of hydrogen-bond donors (Lipinski definition) is 2. The minimum atomic E-state index is -0.391. The predicted octanol–water partition coefficient (Wildman–Crippen LogP) is 2.86. The van der Waals surface area contributed by atoms with Gasteiger partial charge in [-0.05, 0) is 29.8 Å². The number of carbonyl (C=O) groups excluding carboxylic acids is 1. The smallest absolute Gasteiger partial charge is 0.289 e. The van der Waals surface area contributed by atoms with Crippen LogP contribution >= 0.6 is 0 Å². The van der Waals surface area contributed by atoms with Crippen LogP contribution in [0.3, 0.4) is 0 Å². The Bertz CT molecular complexity index is 920. The van der Waals surface area contributed by atoms with Gasteiger partial charge >= 0.3 is 0 Å². The molecule has 0 bridgehead atoms. The molecule has 1 aromatic heterocycles. The second kappa shape index (κ2) is 7.98. The van der Waals surface area contributed by atoms with E-state index in [9.17, 15) is 4.79 Å². The molecule has 0 fully saturated rings. The Kier molecular flexibility index (Phi) is 5.28. The molecule has 0 spiro atoms. The van der Waals surface area contributed by atoms with E-state index in [1.165, 1.54) is 0 Å². The van der Waals surface area contributed by atoms with Gasteiger partial charge in [-0.15, -0.1) is 0 Å². The van der Waals surface area contributed by atoms with E-state index in [1.807, 2.05) is 30.3 Å². The van der Waals surface area contributed by atoms with E-state index in [4.69, 9.17) is 9.47 Å². The van der Waals surface area contributed by atoms with Crippen LogP contribution in [0.15, 0.2) is 59.7 Å². The van der Waals surface area contributed by atoms with Gasteiger partial charge in [-0.2, -0.15) is 10.2 Å². The third-order valence-electron chi connectivity index (χ3n) is 3.68. The third kappa shape index (κ3) is 3.89. The number of hydrogen-bond acceptors (Lipinski definition) is 5. The maximum atomic E-state index is 12.2. The van der Waals surface area contributed by atoms with Crippen molar-refractivity contribution in [3.05, 3.63) is 65.9 Å². The third-order valence-corrected chi connectivity index (χ3v) is 3.68. The summed E-state index contributed by atoms with van der Waals surface area (Å²) in [5.74, 6) is 0.909. The highest BCUT2D eigenvalue weighted by Crippen LogP contribution is 2.32. The van der Waals surface area contributed by atoms with Gasteiger partial charge in [0.15, 0.2) is 0 Å². The first-order chi connectivity index (χ1) is 12.7. The lowest BCUT2D eigenvalue weighted by Gasteiger charge is -2.08. The quantitative estimate of drug-likeness (QED) is 0.528. The molecule has 7 nitrogen and oxygen atoms in total. The van der Waals surface area contributed by atoms with Crippen molar-refractivity contribution in [3.63, 3.8) is 0 Å². The summed E-state index contributed by atoms with van der Waals surface area (Å²) in [4.78, 5) is 12.2. The fourth-order valence-corrected chi connectivity index (χ4v) is 2.36. The SMILES string of the molecule is COc1ccc(OC)c(-c2cc(C(=O)N/N=C\c3ccccc3)[nH]n2)c1. The fourth-order valence-electron chi connectivity index (χ4n) is 2.36. The highest BCUT2D eigenvalue weighted by atomic mass is 16.5. The molecule has 2 aromatic carbocycles. The first-order valence-corrected chi connectivity index (χ1v) is 7.87. The molecule has 26 heavy (non-hydrogen) atoms. The molecule has 0 atom stereocenters. The molecule has 0 unspecified atom stereocenters. The minimum absolute atomic E-state index is 0.287. The monoisotopic (exact) mass is 350 g/mol. The lowest BCUT2D eigenvalue weighted by atomic mass is 10.1. The molecule has 0 aliphatic rings. The molecule has 0 aliphatic carbocycles. The topological polar surface area (TPSA) is 88.6 Å². The predicted molar refractivity (Wildman–Crippen MR) is 98.6 cm³/mol. The van der Waals surface area contributed by atoms with Crippen molar-refractivity contribution >= 4 is 12.1 Å². The minimum Gasteiger partial charge on any atom is -0.497 e. The van der Waals surface area contributed by atoms with Gasteiger partial charge in [0.2, 0.25) is 0 Å². The molecule has 0 radical (unpaired) electrons. The van der Waals surface area contributed by atoms with Crippen LogP contribution in [0, 0.1) is 0 Å². The van der Waals surface area contributed by atoms with Crippen molar-refractivity contribution < 1.29 is 14.3 Å². The largest absolute Gasteiger partial charge is 0.497 e. The van der Waals surface area contributed by atoms with Crippen molar-refractivity contribution in [3.8, 4) is 22.8 Å². The molecule has 1 amide bonds. The van der Waals surface area contributed by atoms with Gasteiger partial charge in [0.05, 0.1) is 26.1 Å². The average Bonchev–Trinajstić information content (AvgIpc) is 3.18.